The molecule has 0 bridgehead atoms. The molecule has 0 saturated carbocycles. The first-order chi connectivity index (χ1) is 13.3. The smallest absolute Gasteiger partial charge is 0.292 e. The lowest BCUT2D eigenvalue weighted by atomic mass is 10.2. The second kappa shape index (κ2) is 6.56. The number of hydrogen-bond acceptors (Lipinski definition) is 6. The fourth-order valence-electron chi connectivity index (χ4n) is 2.99. The van der Waals surface area contributed by atoms with Crippen LogP contribution in [0.5, 0.6) is 11.5 Å². The predicted octanol–water partition coefficient (Wildman–Crippen LogP) is 2.47. The third kappa shape index (κ3) is 3.36. The molecule has 0 aromatic heterocycles. The van der Waals surface area contributed by atoms with Gasteiger partial charge in [-0.05, 0) is 31.2 Å². The van der Waals surface area contributed by atoms with Crippen LogP contribution >= 0.6 is 0 Å². The molecule has 0 fully saturated rings. The molecule has 0 aliphatic carbocycles. The maximum Gasteiger partial charge on any atom is 0.292 e. The van der Waals surface area contributed by atoms with Crippen molar-refractivity contribution in [2.24, 2.45) is 4.99 Å². The van der Waals surface area contributed by atoms with Gasteiger partial charge < -0.3 is 14.8 Å². The fraction of sp³-hybridized carbons (Fsp3) is 0.250. The standard InChI is InChI=1S/C20H20N4O4/c1-12-19(26)24(14-7-5-4-6-8-14)23-17(21-12)18(25)22-13-9-10-15-16(11-13)28-20(2,3)27-15/h4-12H,1-3H3,(H,21,23)(H,22,25). The quantitative estimate of drug-likeness (QED) is 0.853. The molecule has 8 heteroatoms. The van der Waals surface area contributed by atoms with Gasteiger partial charge in [0.1, 0.15) is 6.04 Å². The van der Waals surface area contributed by atoms with E-state index in [1.807, 2.05) is 32.0 Å². The molecule has 1 atom stereocenters. The van der Waals surface area contributed by atoms with Crippen molar-refractivity contribution in [3.8, 4) is 11.5 Å². The Morgan fingerprint density at radius 3 is 2.61 bits per heavy atom. The molecule has 2 heterocycles. The van der Waals surface area contributed by atoms with E-state index < -0.39 is 17.7 Å². The van der Waals surface area contributed by atoms with Crippen molar-refractivity contribution in [1.82, 2.24) is 5.43 Å². The highest BCUT2D eigenvalue weighted by molar-refractivity contribution is 6.43. The Morgan fingerprint density at radius 2 is 1.86 bits per heavy atom. The van der Waals surface area contributed by atoms with E-state index >= 15 is 0 Å². The third-order valence-electron chi connectivity index (χ3n) is 4.26. The van der Waals surface area contributed by atoms with Crippen LogP contribution in [0.1, 0.15) is 20.8 Å². The molecule has 28 heavy (non-hydrogen) atoms. The van der Waals surface area contributed by atoms with Gasteiger partial charge in [-0.2, -0.15) is 0 Å². The Morgan fingerprint density at radius 1 is 1.14 bits per heavy atom. The molecular formula is C20H20N4O4. The van der Waals surface area contributed by atoms with E-state index in [0.29, 0.717) is 22.9 Å². The molecule has 2 amide bonds. The van der Waals surface area contributed by atoms with Crippen LogP contribution in [0.25, 0.3) is 0 Å². The van der Waals surface area contributed by atoms with E-state index in [0.717, 1.165) is 0 Å². The second-order valence-corrected chi connectivity index (χ2v) is 6.99. The van der Waals surface area contributed by atoms with Gasteiger partial charge in [-0.25, -0.2) is 10.0 Å². The normalized spacial score (nSPS) is 19.7. The van der Waals surface area contributed by atoms with Gasteiger partial charge >= 0.3 is 0 Å². The number of carbonyl (C=O) groups excluding carboxylic acids is 2. The van der Waals surface area contributed by atoms with Gasteiger partial charge in [-0.15, -0.1) is 0 Å². The molecular weight excluding hydrogens is 360 g/mol. The Balaban J connectivity index is 1.52. The summed E-state index contributed by atoms with van der Waals surface area (Å²) in [6.45, 7) is 5.26. The van der Waals surface area contributed by atoms with E-state index in [4.69, 9.17) is 9.47 Å². The van der Waals surface area contributed by atoms with Crippen LogP contribution in [-0.4, -0.2) is 29.5 Å². The van der Waals surface area contributed by atoms with Gasteiger partial charge in [0, 0.05) is 25.6 Å². The van der Waals surface area contributed by atoms with Gasteiger partial charge in [0.15, 0.2) is 11.5 Å². The molecule has 0 spiro atoms. The molecule has 2 aromatic carbocycles. The lowest BCUT2D eigenvalue weighted by molar-refractivity contribution is -0.120. The van der Waals surface area contributed by atoms with Crippen LogP contribution in [0.2, 0.25) is 0 Å². The van der Waals surface area contributed by atoms with Crippen molar-refractivity contribution in [3.05, 3.63) is 48.5 Å². The Hall–Kier alpha value is -3.55. The van der Waals surface area contributed by atoms with Crippen molar-refractivity contribution < 1.29 is 19.1 Å². The molecule has 2 aromatic rings. The molecule has 4 rings (SSSR count). The second-order valence-electron chi connectivity index (χ2n) is 6.99. The summed E-state index contributed by atoms with van der Waals surface area (Å²) in [7, 11) is 0. The van der Waals surface area contributed by atoms with Crippen LogP contribution in [0.15, 0.2) is 53.5 Å². The number of benzene rings is 2. The van der Waals surface area contributed by atoms with E-state index in [1.165, 1.54) is 5.01 Å². The number of hydrogen-bond donors (Lipinski definition) is 2. The first-order valence-electron chi connectivity index (χ1n) is 8.89. The Kier molecular flexibility index (Phi) is 4.18. The van der Waals surface area contributed by atoms with Gasteiger partial charge in [-0.1, -0.05) is 18.2 Å². The van der Waals surface area contributed by atoms with Crippen LogP contribution in [0, 0.1) is 0 Å². The summed E-state index contributed by atoms with van der Waals surface area (Å²) in [6.07, 6.45) is 0. The third-order valence-corrected chi connectivity index (χ3v) is 4.26. The average Bonchev–Trinajstić information content (AvgIpc) is 2.97. The maximum absolute atomic E-state index is 12.7. The zero-order valence-corrected chi connectivity index (χ0v) is 15.7. The van der Waals surface area contributed by atoms with Crippen molar-refractivity contribution in [3.63, 3.8) is 0 Å². The number of para-hydroxylation sites is 1. The first-order valence-corrected chi connectivity index (χ1v) is 8.89. The van der Waals surface area contributed by atoms with Gasteiger partial charge in [-0.3, -0.25) is 15.0 Å². The Bertz CT molecular complexity index is 971. The zero-order valence-electron chi connectivity index (χ0n) is 15.7. The molecule has 144 valence electrons. The largest absolute Gasteiger partial charge is 0.449 e. The number of rotatable bonds is 3. The van der Waals surface area contributed by atoms with Crippen molar-refractivity contribution in [1.29, 1.82) is 0 Å². The molecule has 8 nitrogen and oxygen atoms in total. The molecule has 1 unspecified atom stereocenters. The van der Waals surface area contributed by atoms with E-state index in [2.05, 4.69) is 15.7 Å². The summed E-state index contributed by atoms with van der Waals surface area (Å²) in [5.74, 6) is -0.229. The Labute approximate surface area is 162 Å². The molecule has 2 N–H and O–H groups in total. The van der Waals surface area contributed by atoms with Crippen molar-refractivity contribution in [2.75, 3.05) is 10.3 Å². The summed E-state index contributed by atoms with van der Waals surface area (Å²) < 4.78 is 11.3. The minimum atomic E-state index is -0.744. The number of amides is 2. The molecule has 0 radical (unpaired) electrons. The predicted molar refractivity (Wildman–Crippen MR) is 104 cm³/mol. The number of anilines is 2. The van der Waals surface area contributed by atoms with Crippen LogP contribution < -0.4 is 25.2 Å². The first kappa shape index (κ1) is 17.8. The number of nitrogens with zero attached hydrogens (tertiary/aromatic N) is 2. The highest BCUT2D eigenvalue weighted by Gasteiger charge is 2.33. The number of amidine groups is 1. The van der Waals surface area contributed by atoms with Gasteiger partial charge in [0.2, 0.25) is 11.6 Å². The average molecular weight is 380 g/mol. The number of fused-ring (bicyclic) bond motifs is 1. The minimum Gasteiger partial charge on any atom is -0.449 e. The summed E-state index contributed by atoms with van der Waals surface area (Å²) in [5, 5.41) is 4.10. The van der Waals surface area contributed by atoms with Gasteiger partial charge in [0.25, 0.3) is 11.8 Å². The fourth-order valence-corrected chi connectivity index (χ4v) is 2.99. The summed E-state index contributed by atoms with van der Waals surface area (Å²) in [6, 6.07) is 13.5. The number of nitrogens with one attached hydrogen (secondary N) is 2. The molecule has 0 saturated heterocycles. The zero-order chi connectivity index (χ0) is 19.9. The van der Waals surface area contributed by atoms with E-state index in [9.17, 15) is 9.59 Å². The van der Waals surface area contributed by atoms with Crippen LogP contribution in [0.4, 0.5) is 11.4 Å². The number of aliphatic imine (C=N–C) groups is 1. The SMILES string of the molecule is CC1N=C(C(=O)Nc2ccc3c(c2)OC(C)(C)O3)NN(c2ccccc2)C1=O. The van der Waals surface area contributed by atoms with E-state index in [1.54, 1.807) is 37.3 Å². The van der Waals surface area contributed by atoms with Crippen molar-refractivity contribution in [2.45, 2.75) is 32.6 Å². The monoisotopic (exact) mass is 380 g/mol. The van der Waals surface area contributed by atoms with Crippen LogP contribution in [-0.2, 0) is 9.59 Å². The topological polar surface area (TPSA) is 92.3 Å². The lowest BCUT2D eigenvalue weighted by Gasteiger charge is -2.30. The minimum absolute atomic E-state index is 0.0500. The van der Waals surface area contributed by atoms with Crippen LogP contribution in [0.3, 0.4) is 0 Å². The summed E-state index contributed by atoms with van der Waals surface area (Å²) in [5.41, 5.74) is 3.96. The number of hydrazine groups is 1. The number of ether oxygens (including phenoxy) is 2. The highest BCUT2D eigenvalue weighted by atomic mass is 16.7. The lowest BCUT2D eigenvalue weighted by Crippen LogP contribution is -2.57. The molecule has 2 aliphatic rings. The van der Waals surface area contributed by atoms with Crippen molar-refractivity contribution >= 4 is 29.0 Å². The highest BCUT2D eigenvalue weighted by Crippen LogP contribution is 2.40. The molecule has 2 aliphatic heterocycles. The maximum atomic E-state index is 12.7. The van der Waals surface area contributed by atoms with E-state index in [-0.39, 0.29) is 11.7 Å². The summed E-state index contributed by atoms with van der Waals surface area (Å²) in [4.78, 5) is 29.3. The summed E-state index contributed by atoms with van der Waals surface area (Å²) >= 11 is 0. The van der Waals surface area contributed by atoms with Gasteiger partial charge in [0.05, 0.1) is 5.69 Å². The number of carbonyl (C=O) groups is 2.